The van der Waals surface area contributed by atoms with Gasteiger partial charge in [0, 0.05) is 15.6 Å². The largest absolute Gasteiger partial charge is 0.422 e. The summed E-state index contributed by atoms with van der Waals surface area (Å²) in [7, 11) is 0. The highest BCUT2D eigenvalue weighted by Crippen LogP contribution is 2.22. The van der Waals surface area contributed by atoms with Crippen LogP contribution < -0.4 is 4.74 Å². The summed E-state index contributed by atoms with van der Waals surface area (Å²) in [6.07, 6.45) is 3.06. The van der Waals surface area contributed by atoms with Gasteiger partial charge in [-0.1, -0.05) is 35.3 Å². The number of hydrogen-bond acceptors (Lipinski definition) is 4. The molecule has 3 aromatic rings. The molecule has 0 unspecified atom stereocenters. The Kier molecular flexibility index (Phi) is 5.89. The lowest BCUT2D eigenvalue weighted by Crippen LogP contribution is -2.06. The van der Waals surface area contributed by atoms with Gasteiger partial charge in [0.2, 0.25) is 0 Å². The van der Waals surface area contributed by atoms with Crippen molar-refractivity contribution in [2.75, 3.05) is 0 Å². The van der Waals surface area contributed by atoms with Gasteiger partial charge in [-0.05, 0) is 65.6 Å². The third kappa shape index (κ3) is 4.61. The molecule has 1 heterocycles. The zero-order valence-electron chi connectivity index (χ0n) is 13.3. The number of carbonyl (C=O) groups is 2. The molecular formula is C20H12Cl2O3S. The molecular weight excluding hydrogens is 391 g/mol. The van der Waals surface area contributed by atoms with Gasteiger partial charge in [0.1, 0.15) is 10.6 Å². The highest BCUT2D eigenvalue weighted by molar-refractivity contribution is 7.12. The third-order valence-electron chi connectivity index (χ3n) is 3.45. The Hall–Kier alpha value is -2.40. The molecule has 0 bridgehead atoms. The Morgan fingerprint density at radius 2 is 1.77 bits per heavy atom. The molecule has 26 heavy (non-hydrogen) atoms. The van der Waals surface area contributed by atoms with E-state index in [-0.39, 0.29) is 5.78 Å². The first-order chi connectivity index (χ1) is 12.5. The summed E-state index contributed by atoms with van der Waals surface area (Å²) in [5, 5.41) is 2.81. The third-order valence-corrected chi connectivity index (χ3v) is 4.86. The van der Waals surface area contributed by atoms with Gasteiger partial charge in [0.05, 0.1) is 0 Å². The average Bonchev–Trinajstić information content (AvgIpc) is 3.16. The van der Waals surface area contributed by atoms with Crippen molar-refractivity contribution >= 4 is 52.4 Å². The summed E-state index contributed by atoms with van der Waals surface area (Å²) in [5.74, 6) is -0.229. The van der Waals surface area contributed by atoms with Crippen LogP contribution in [0.5, 0.6) is 5.75 Å². The van der Waals surface area contributed by atoms with Crippen molar-refractivity contribution in [2.24, 2.45) is 0 Å². The number of carbonyl (C=O) groups excluding carboxylic acids is 2. The van der Waals surface area contributed by atoms with Gasteiger partial charge in [-0.2, -0.15) is 0 Å². The van der Waals surface area contributed by atoms with Crippen LogP contribution in [0.15, 0.2) is 66.1 Å². The van der Waals surface area contributed by atoms with E-state index in [1.165, 1.54) is 17.4 Å². The number of hydrogen-bond donors (Lipinski definition) is 0. The van der Waals surface area contributed by atoms with E-state index >= 15 is 0 Å². The molecule has 0 aliphatic heterocycles. The number of benzene rings is 2. The Bertz CT molecular complexity index is 961. The maximum absolute atomic E-state index is 12.3. The van der Waals surface area contributed by atoms with Crippen molar-refractivity contribution in [3.63, 3.8) is 0 Å². The van der Waals surface area contributed by atoms with Crippen LogP contribution in [0.1, 0.15) is 25.6 Å². The van der Waals surface area contributed by atoms with Crippen molar-refractivity contribution in [3.05, 3.63) is 92.1 Å². The van der Waals surface area contributed by atoms with Crippen molar-refractivity contribution in [3.8, 4) is 5.75 Å². The highest BCUT2D eigenvalue weighted by atomic mass is 35.5. The molecule has 0 fully saturated rings. The van der Waals surface area contributed by atoms with Gasteiger partial charge >= 0.3 is 5.97 Å². The SMILES string of the molecule is O=C(C=Cc1ccc(Cl)cc1Cl)c1ccc(OC(=O)c2cccs2)cc1. The topological polar surface area (TPSA) is 43.4 Å². The summed E-state index contributed by atoms with van der Waals surface area (Å²) in [6, 6.07) is 14.9. The maximum Gasteiger partial charge on any atom is 0.353 e. The molecule has 3 nitrogen and oxygen atoms in total. The number of allylic oxidation sites excluding steroid dienone is 1. The lowest BCUT2D eigenvalue weighted by molar-refractivity contribution is 0.0740. The van der Waals surface area contributed by atoms with Crippen molar-refractivity contribution in [1.82, 2.24) is 0 Å². The van der Waals surface area contributed by atoms with E-state index in [0.717, 1.165) is 0 Å². The molecule has 0 spiro atoms. The summed E-state index contributed by atoms with van der Waals surface area (Å²) < 4.78 is 5.26. The molecule has 0 saturated heterocycles. The summed E-state index contributed by atoms with van der Waals surface area (Å²) >= 11 is 13.2. The van der Waals surface area contributed by atoms with Gasteiger partial charge < -0.3 is 4.74 Å². The van der Waals surface area contributed by atoms with E-state index in [9.17, 15) is 9.59 Å². The first kappa shape index (κ1) is 18.4. The monoisotopic (exact) mass is 402 g/mol. The minimum atomic E-state index is -0.420. The van der Waals surface area contributed by atoms with Crippen LogP contribution in [0.3, 0.4) is 0 Å². The molecule has 0 radical (unpaired) electrons. The number of ketones is 1. The van der Waals surface area contributed by atoms with Crippen LogP contribution in [0, 0.1) is 0 Å². The average molecular weight is 403 g/mol. The molecule has 0 saturated carbocycles. The first-order valence-electron chi connectivity index (χ1n) is 7.56. The number of esters is 1. The molecule has 130 valence electrons. The normalized spacial score (nSPS) is 10.8. The lowest BCUT2D eigenvalue weighted by Gasteiger charge is -2.03. The van der Waals surface area contributed by atoms with E-state index < -0.39 is 5.97 Å². The highest BCUT2D eigenvalue weighted by Gasteiger charge is 2.10. The fourth-order valence-electron chi connectivity index (χ4n) is 2.14. The molecule has 1 aromatic heterocycles. The molecule has 3 rings (SSSR count). The predicted molar refractivity (Wildman–Crippen MR) is 106 cm³/mol. The molecule has 6 heteroatoms. The van der Waals surface area contributed by atoms with Crippen molar-refractivity contribution < 1.29 is 14.3 Å². The summed E-state index contributed by atoms with van der Waals surface area (Å²) in [6.45, 7) is 0. The van der Waals surface area contributed by atoms with Crippen LogP contribution in [0.2, 0.25) is 10.0 Å². The van der Waals surface area contributed by atoms with E-state index in [1.807, 2.05) is 0 Å². The first-order valence-corrected chi connectivity index (χ1v) is 9.20. The summed E-state index contributed by atoms with van der Waals surface area (Å²) in [5.41, 5.74) is 1.17. The Morgan fingerprint density at radius 1 is 1.00 bits per heavy atom. The van der Waals surface area contributed by atoms with Crippen LogP contribution in [0.25, 0.3) is 6.08 Å². The smallest absolute Gasteiger partial charge is 0.353 e. The van der Waals surface area contributed by atoms with Crippen LogP contribution in [-0.4, -0.2) is 11.8 Å². The fourth-order valence-corrected chi connectivity index (χ4v) is 3.21. The van der Waals surface area contributed by atoms with Crippen LogP contribution in [0.4, 0.5) is 0 Å². The molecule has 2 aromatic carbocycles. The molecule has 0 N–H and O–H groups in total. The number of halogens is 2. The minimum absolute atomic E-state index is 0.188. The Labute approximate surface area is 164 Å². The van der Waals surface area contributed by atoms with Crippen molar-refractivity contribution in [2.45, 2.75) is 0 Å². The van der Waals surface area contributed by atoms with Gasteiger partial charge in [0.15, 0.2) is 5.78 Å². The van der Waals surface area contributed by atoms with Crippen molar-refractivity contribution in [1.29, 1.82) is 0 Å². The molecule has 0 atom stereocenters. The van der Waals surface area contributed by atoms with Gasteiger partial charge in [-0.15, -0.1) is 11.3 Å². The summed E-state index contributed by atoms with van der Waals surface area (Å²) in [4.78, 5) is 24.7. The van der Waals surface area contributed by atoms with Gasteiger partial charge in [0.25, 0.3) is 0 Å². The maximum atomic E-state index is 12.3. The lowest BCUT2D eigenvalue weighted by atomic mass is 10.1. The second kappa shape index (κ2) is 8.32. The predicted octanol–water partition coefficient (Wildman–Crippen LogP) is 6.17. The molecule has 0 aliphatic rings. The van der Waals surface area contributed by atoms with Crippen LogP contribution >= 0.6 is 34.5 Å². The standard InChI is InChI=1S/C20H12Cl2O3S/c21-15-7-3-13(17(22)12-15)6-10-18(23)14-4-8-16(9-5-14)25-20(24)19-2-1-11-26-19/h1-12H. The zero-order valence-corrected chi connectivity index (χ0v) is 15.6. The second-order valence-corrected chi connectivity index (χ2v) is 7.05. The van der Waals surface area contributed by atoms with E-state index in [2.05, 4.69) is 0 Å². The Morgan fingerprint density at radius 3 is 2.42 bits per heavy atom. The zero-order chi connectivity index (χ0) is 18.5. The van der Waals surface area contributed by atoms with E-state index in [4.69, 9.17) is 27.9 Å². The van der Waals surface area contributed by atoms with Crippen LogP contribution in [-0.2, 0) is 0 Å². The van der Waals surface area contributed by atoms with E-state index in [0.29, 0.717) is 31.8 Å². The van der Waals surface area contributed by atoms with E-state index in [1.54, 1.807) is 66.1 Å². The number of rotatable bonds is 5. The second-order valence-electron chi connectivity index (χ2n) is 5.25. The minimum Gasteiger partial charge on any atom is -0.422 e. The fraction of sp³-hybridized carbons (Fsp3) is 0. The van der Waals surface area contributed by atoms with Gasteiger partial charge in [-0.3, -0.25) is 4.79 Å². The molecule has 0 amide bonds. The Balaban J connectivity index is 1.67. The quantitative estimate of drug-likeness (QED) is 0.221. The van der Waals surface area contributed by atoms with Gasteiger partial charge in [-0.25, -0.2) is 4.79 Å². The number of thiophene rings is 1. The number of ether oxygens (including phenoxy) is 1. The molecule has 0 aliphatic carbocycles.